The van der Waals surface area contributed by atoms with Gasteiger partial charge in [-0.2, -0.15) is 0 Å². The number of carbonyl (C=O) groups is 17. The first-order chi connectivity index (χ1) is 46.4. The lowest BCUT2D eigenvalue weighted by Crippen LogP contribution is -2.61. The summed E-state index contributed by atoms with van der Waals surface area (Å²) in [5, 5.41) is 53.8. The molecule has 1 aliphatic rings. The molecule has 0 aromatic carbocycles. The van der Waals surface area contributed by atoms with E-state index in [-0.39, 0.29) is 57.6 Å². The Labute approximate surface area is 579 Å². The smallest absolute Gasteiger partial charge is 0.321 e. The summed E-state index contributed by atoms with van der Waals surface area (Å²) in [4.78, 5) is 248. The number of carboxylic acid groups (broad SMARTS) is 2. The molecule has 0 aromatic heterocycles. The molecule has 0 aromatic rings. The van der Waals surface area contributed by atoms with Gasteiger partial charge in [0.1, 0.15) is 72.5 Å². The molecule has 0 spiro atoms. The third-order valence-corrected chi connectivity index (χ3v) is 15.5. The molecule has 1 aliphatic heterocycles. The molecule has 0 unspecified atom stereocenters. The van der Waals surface area contributed by atoms with E-state index in [1.54, 1.807) is 13.8 Å². The van der Waals surface area contributed by atoms with Crippen molar-refractivity contribution < 1.29 is 111 Å². The van der Waals surface area contributed by atoms with Gasteiger partial charge in [0.05, 0.1) is 25.7 Å². The Hall–Kier alpha value is -9.29. The van der Waals surface area contributed by atoms with Crippen LogP contribution in [0.3, 0.4) is 0 Å². The lowest BCUT2D eigenvalue weighted by atomic mass is 10.00. The Morgan fingerprint density at radius 2 is 0.970 bits per heavy atom. The molecular weight excluding hydrogens is 1370 g/mol. The SMILES string of the molecule is CC(C)C[C@H](NC(=O)[C@H](COP(O)(O)=S)NC(=O)[C@H](CCC(=O)O)NC(=O)[C@H](C)NC(=O)[C@H](CC(N)=O)NC(=O)[C@H](CCC(=O)O)NC(=O)[C@H](C)N)C(=O)N[C@@H](CCCN=C(N)N)C(=O)N[C@H](C(=O)N[C@@H](C)C(=O)N1CCC[C@H]1C(=O)N[C@@H](CCC(N)=O)C(=O)N[C@@H](CO)C(N)=O)C(C)C. The molecule has 42 nitrogen and oxygen atoms in total. The summed E-state index contributed by atoms with van der Waals surface area (Å²) >= 11 is 4.55. The molecule has 564 valence electrons. The van der Waals surface area contributed by atoms with Crippen molar-refractivity contribution in [2.24, 2.45) is 51.2 Å². The third-order valence-electron chi connectivity index (χ3n) is 14.7. The average Bonchev–Trinajstić information content (AvgIpc) is 1.56. The van der Waals surface area contributed by atoms with E-state index in [9.17, 15) is 107 Å². The predicted molar refractivity (Wildman–Crippen MR) is 352 cm³/mol. The first kappa shape index (κ1) is 88.7. The second kappa shape index (κ2) is 43.3. The zero-order chi connectivity index (χ0) is 76.6. The molecule has 28 N–H and O–H groups in total. The topological polar surface area (TPSA) is 705 Å². The standard InChI is InChI=1S/C56H96N19O23PS/c1-24(2)20-33(70-52(92)36(23-98-99(96,97)100)73-48(88)32(14-17-41(81)82)67-45(85)27(6)64-50(90)34(21-39(59)78)71-46(86)31(13-16-40(79)80)66-44(84)26(5)57)51(91)68-29(10-8-18-63-56(61)62)49(89)74-42(25(3)4)54(94)65-28(7)55(95)75-19-9-11-37(75)53(93)69-30(12-15-38(58)77)47(87)72-35(22-76)43(60)83/h24-37,42,76H,8-23,57H2,1-7H3,(H2,58,77)(H2,59,78)(H2,60,83)(H,64,90)(H,65,94)(H,66,84)(H,67,85)(H,68,91)(H,69,93)(H,70,92)(H,71,86)(H,72,87)(H,73,88)(H,74,89)(H,79,80)(H,81,82)(H4,61,62,63)(H2,96,97,100)/t26-,27-,28-,29-,30-,31-,32-,33-,34-,35-,36-,37-,42-/m0/s1. The minimum absolute atomic E-state index is 0.00149. The maximum Gasteiger partial charge on any atom is 0.321 e. The Morgan fingerprint density at radius 1 is 0.530 bits per heavy atom. The van der Waals surface area contributed by atoms with Crippen molar-refractivity contribution in [3.8, 4) is 0 Å². The minimum atomic E-state index is -4.68. The van der Waals surface area contributed by atoms with Crippen molar-refractivity contribution in [3.63, 3.8) is 0 Å². The first-order valence-corrected chi connectivity index (χ1v) is 34.1. The number of primary amides is 3. The summed E-state index contributed by atoms with van der Waals surface area (Å²) in [6, 6.07) is -20.7. The van der Waals surface area contributed by atoms with Gasteiger partial charge >= 0.3 is 18.7 Å². The molecule has 1 heterocycles. The van der Waals surface area contributed by atoms with Crippen molar-refractivity contribution >= 4 is 125 Å². The zero-order valence-corrected chi connectivity index (χ0v) is 58.0. The molecule has 1 saturated heterocycles. The lowest BCUT2D eigenvalue weighted by molar-refractivity contribution is -0.142. The number of nitrogens with zero attached hydrogens (tertiary/aromatic N) is 2. The zero-order valence-electron chi connectivity index (χ0n) is 56.3. The van der Waals surface area contributed by atoms with Crippen LogP contribution in [0.2, 0.25) is 0 Å². The highest BCUT2D eigenvalue weighted by Crippen LogP contribution is 2.36. The van der Waals surface area contributed by atoms with Crippen molar-refractivity contribution in [2.45, 2.75) is 204 Å². The quantitative estimate of drug-likeness (QED) is 0.0116. The largest absolute Gasteiger partial charge is 0.481 e. The van der Waals surface area contributed by atoms with Crippen LogP contribution in [-0.4, -0.2) is 241 Å². The fourth-order valence-corrected chi connectivity index (χ4v) is 9.92. The van der Waals surface area contributed by atoms with Crippen LogP contribution in [0.15, 0.2) is 4.99 Å². The molecule has 15 amide bonds. The van der Waals surface area contributed by atoms with Gasteiger partial charge in [-0.05, 0) is 95.8 Å². The van der Waals surface area contributed by atoms with Gasteiger partial charge in [0.2, 0.25) is 88.6 Å². The second-order valence-electron chi connectivity index (χ2n) is 24.1. The molecule has 1 rings (SSSR count). The molecular formula is C56H96N19O23PS. The molecule has 44 heteroatoms. The maximum absolute atomic E-state index is 14.4. The highest BCUT2D eigenvalue weighted by Gasteiger charge is 2.41. The number of hydrogen-bond donors (Lipinski definition) is 22. The number of aliphatic hydroxyl groups is 1. The highest BCUT2D eigenvalue weighted by atomic mass is 32.5. The number of aliphatic hydroxyl groups excluding tert-OH is 1. The van der Waals surface area contributed by atoms with Crippen LogP contribution in [0.25, 0.3) is 0 Å². The minimum Gasteiger partial charge on any atom is -0.481 e. The summed E-state index contributed by atoms with van der Waals surface area (Å²) in [6.07, 6.45) is -4.56. The van der Waals surface area contributed by atoms with Gasteiger partial charge in [-0.3, -0.25) is 86.5 Å². The molecule has 0 aliphatic carbocycles. The molecule has 0 radical (unpaired) electrons. The third kappa shape index (κ3) is 33.5. The van der Waals surface area contributed by atoms with Crippen molar-refractivity contribution in [3.05, 3.63) is 0 Å². The van der Waals surface area contributed by atoms with E-state index in [1.807, 2.05) is 0 Å². The molecule has 0 bridgehead atoms. The summed E-state index contributed by atoms with van der Waals surface area (Å²) in [5.74, 6) is -20.4. The van der Waals surface area contributed by atoms with Crippen LogP contribution in [0, 0.1) is 11.8 Å². The van der Waals surface area contributed by atoms with Crippen molar-refractivity contribution in [1.29, 1.82) is 0 Å². The number of carboxylic acids is 2. The van der Waals surface area contributed by atoms with E-state index >= 15 is 0 Å². The van der Waals surface area contributed by atoms with Crippen LogP contribution in [-0.2, 0) is 97.8 Å². The Kier molecular flexibility index (Phi) is 38.4. The summed E-state index contributed by atoms with van der Waals surface area (Å²) < 4.78 is 4.92. The van der Waals surface area contributed by atoms with E-state index in [2.05, 4.69) is 75.3 Å². The lowest BCUT2D eigenvalue weighted by Gasteiger charge is -2.30. The number of nitrogens with two attached hydrogens (primary N) is 6. The Morgan fingerprint density at radius 3 is 1.45 bits per heavy atom. The fourth-order valence-electron chi connectivity index (χ4n) is 9.39. The van der Waals surface area contributed by atoms with Gasteiger partial charge in [-0.15, -0.1) is 0 Å². The van der Waals surface area contributed by atoms with Gasteiger partial charge in [0, 0.05) is 32.4 Å². The number of hydrogen-bond acceptors (Lipinski definition) is 22. The second-order valence-corrected chi connectivity index (χ2v) is 26.8. The van der Waals surface area contributed by atoms with Crippen LogP contribution in [0.1, 0.15) is 126 Å². The first-order valence-electron chi connectivity index (χ1n) is 31.5. The van der Waals surface area contributed by atoms with E-state index in [0.717, 1.165) is 11.8 Å². The van der Waals surface area contributed by atoms with Gasteiger partial charge < -0.3 is 127 Å². The normalized spacial score (nSPS) is 16.4. The highest BCUT2D eigenvalue weighted by molar-refractivity contribution is 8.06. The van der Waals surface area contributed by atoms with E-state index in [0.29, 0.717) is 0 Å². The molecule has 100 heavy (non-hydrogen) atoms. The number of likely N-dealkylation sites (tertiary alicyclic amines) is 1. The van der Waals surface area contributed by atoms with Crippen LogP contribution >= 0.6 is 6.72 Å². The van der Waals surface area contributed by atoms with Crippen molar-refractivity contribution in [2.75, 3.05) is 26.3 Å². The number of aliphatic imine (C=N–C) groups is 1. The molecule has 13 atom stereocenters. The van der Waals surface area contributed by atoms with E-state index in [4.69, 9.17) is 38.9 Å². The molecule has 0 saturated carbocycles. The van der Waals surface area contributed by atoms with Crippen LogP contribution in [0.5, 0.6) is 0 Å². The monoisotopic (exact) mass is 1470 g/mol. The number of guanidine groups is 1. The van der Waals surface area contributed by atoms with Crippen LogP contribution < -0.4 is 92.9 Å². The number of aliphatic carboxylic acids is 2. The maximum atomic E-state index is 14.4. The van der Waals surface area contributed by atoms with E-state index in [1.165, 1.54) is 27.7 Å². The van der Waals surface area contributed by atoms with E-state index < -0.39 is 249 Å². The number of carbonyl (C=O) groups excluding carboxylic acids is 15. The predicted octanol–water partition coefficient (Wildman–Crippen LogP) is -9.97. The number of rotatable bonds is 46. The van der Waals surface area contributed by atoms with Gasteiger partial charge in [-0.1, -0.05) is 27.7 Å². The van der Waals surface area contributed by atoms with Crippen molar-refractivity contribution in [1.82, 2.24) is 63.4 Å². The van der Waals surface area contributed by atoms with Gasteiger partial charge in [-0.25, -0.2) is 0 Å². The summed E-state index contributed by atoms with van der Waals surface area (Å²) in [6.45, 7) is 3.04. The number of nitrogens with one attached hydrogen (secondary N) is 11. The van der Waals surface area contributed by atoms with Crippen LogP contribution in [0.4, 0.5) is 0 Å². The Balaban J connectivity index is 3.58. The van der Waals surface area contributed by atoms with Gasteiger partial charge in [0.25, 0.3) is 0 Å². The summed E-state index contributed by atoms with van der Waals surface area (Å²) in [5.41, 5.74) is 32.4. The fraction of sp³-hybridized carbons (Fsp3) is 0.679. The average molecular weight is 1470 g/mol. The van der Waals surface area contributed by atoms with Gasteiger partial charge in [0.15, 0.2) is 5.96 Å². The Bertz CT molecular complexity index is 3040. The number of amides is 15. The molecule has 1 fully saturated rings. The summed E-state index contributed by atoms with van der Waals surface area (Å²) in [7, 11) is 0.